The maximum Gasteiger partial charge on any atom is 0.407 e. The van der Waals surface area contributed by atoms with Gasteiger partial charge in [-0.1, -0.05) is 0 Å². The van der Waals surface area contributed by atoms with E-state index in [4.69, 9.17) is 4.74 Å². The molecule has 11 heteroatoms. The molecule has 0 unspecified atom stereocenters. The van der Waals surface area contributed by atoms with Crippen LogP contribution < -0.4 is 10.2 Å². The van der Waals surface area contributed by atoms with E-state index in [1.165, 1.54) is 6.33 Å². The second-order valence-corrected chi connectivity index (χ2v) is 9.96. The maximum absolute atomic E-state index is 14.1. The summed E-state index contributed by atoms with van der Waals surface area (Å²) in [6, 6.07) is 0. The smallest absolute Gasteiger partial charge is 0.407 e. The number of aromatic nitrogens is 3. The highest BCUT2D eigenvalue weighted by molar-refractivity contribution is 5.92. The average molecular weight is 466 g/mol. The molecule has 1 aliphatic carbocycles. The molecule has 2 aliphatic rings. The molecule has 0 spiro atoms. The van der Waals surface area contributed by atoms with Crippen molar-refractivity contribution in [1.29, 1.82) is 0 Å². The van der Waals surface area contributed by atoms with Crippen LogP contribution in [0.2, 0.25) is 0 Å². The minimum absolute atomic E-state index is 0.0595. The van der Waals surface area contributed by atoms with Crippen LogP contribution in [-0.4, -0.2) is 63.3 Å². The van der Waals surface area contributed by atoms with Crippen LogP contribution in [0.1, 0.15) is 51.3 Å². The van der Waals surface area contributed by atoms with Gasteiger partial charge in [0.15, 0.2) is 0 Å². The molecule has 33 heavy (non-hydrogen) atoms. The first-order valence-corrected chi connectivity index (χ1v) is 11.1. The van der Waals surface area contributed by atoms with E-state index in [0.29, 0.717) is 35.5 Å². The number of anilines is 1. The Morgan fingerprint density at radius 2 is 1.94 bits per heavy atom. The molecule has 2 aromatic rings. The maximum atomic E-state index is 14.1. The number of alkyl carbamates (subject to hydrolysis) is 1. The van der Waals surface area contributed by atoms with Crippen molar-refractivity contribution in [2.45, 2.75) is 64.4 Å². The highest BCUT2D eigenvalue weighted by Crippen LogP contribution is 2.41. The molecule has 3 N–H and O–H groups in total. The van der Waals surface area contributed by atoms with E-state index in [2.05, 4.69) is 20.3 Å². The van der Waals surface area contributed by atoms with Gasteiger partial charge in [0.2, 0.25) is 0 Å². The van der Waals surface area contributed by atoms with Crippen LogP contribution in [0, 0.1) is 5.41 Å². The molecule has 1 amide bonds. The number of carboxylic acids is 1. The number of nitrogens with zero attached hydrogens (tertiary/aromatic N) is 3. The van der Waals surface area contributed by atoms with Gasteiger partial charge in [0.05, 0.1) is 10.8 Å². The third-order valence-electron chi connectivity index (χ3n) is 6.38. The molecule has 0 aromatic carbocycles. The number of carbonyl (C=O) groups is 2. The van der Waals surface area contributed by atoms with Crippen molar-refractivity contribution in [1.82, 2.24) is 20.3 Å². The van der Waals surface area contributed by atoms with E-state index in [-0.39, 0.29) is 38.6 Å². The fourth-order valence-electron chi connectivity index (χ4n) is 4.59. The molecule has 1 fully saturated rings. The number of H-pyrrole nitrogens is 1. The van der Waals surface area contributed by atoms with E-state index in [1.807, 2.05) is 4.90 Å². The number of hydrogen-bond donors (Lipinski definition) is 3. The molecular formula is C22H29F2N5O4. The van der Waals surface area contributed by atoms with Gasteiger partial charge < -0.3 is 25.0 Å². The number of hydrogen-bond acceptors (Lipinski definition) is 6. The number of rotatable bonds is 4. The fraction of sp³-hybridized carbons (Fsp3) is 0.636. The molecule has 2 aromatic heterocycles. The van der Waals surface area contributed by atoms with Crippen molar-refractivity contribution in [2.75, 3.05) is 24.5 Å². The van der Waals surface area contributed by atoms with Crippen molar-refractivity contribution >= 4 is 28.9 Å². The molecule has 3 heterocycles. The summed E-state index contributed by atoms with van der Waals surface area (Å²) in [5, 5.41) is 13.1. The third-order valence-corrected chi connectivity index (χ3v) is 6.38. The first-order valence-electron chi connectivity index (χ1n) is 11.1. The Hall–Kier alpha value is -2.98. The number of nitrogens with one attached hydrogen (secondary N) is 2. The van der Waals surface area contributed by atoms with Gasteiger partial charge in [-0.25, -0.2) is 23.5 Å². The largest absolute Gasteiger partial charge is 0.481 e. The Bertz CT molecular complexity index is 1070. The quantitative estimate of drug-likeness (QED) is 0.634. The number of aliphatic carboxylic acids is 1. The normalized spacial score (nSPS) is 19.7. The zero-order chi connectivity index (χ0) is 24.0. The zero-order valence-electron chi connectivity index (χ0n) is 19.0. The number of amides is 1. The number of aryl methyl sites for hydroxylation is 1. The standard InChI is InChI=1S/C22H29F2N5O4/c1-20(2,3)33-19(32)25-11-21(18(30)31)6-8-29(9-7-21)17-15-13-10-22(23,24)5-4-14(13)28-16(15)26-12-27-17/h12H,4-11H2,1-3H3,(H,25,32)(H,30,31)(H,26,27,28). The predicted molar refractivity (Wildman–Crippen MR) is 117 cm³/mol. The number of alkyl halides is 2. The van der Waals surface area contributed by atoms with Crippen molar-refractivity contribution in [3.63, 3.8) is 0 Å². The average Bonchev–Trinajstić information content (AvgIpc) is 3.08. The van der Waals surface area contributed by atoms with Crippen LogP contribution in [0.15, 0.2) is 6.33 Å². The van der Waals surface area contributed by atoms with Crippen LogP contribution in [0.4, 0.5) is 19.4 Å². The first kappa shape index (κ1) is 23.2. The van der Waals surface area contributed by atoms with Gasteiger partial charge in [0.25, 0.3) is 5.92 Å². The minimum Gasteiger partial charge on any atom is -0.481 e. The van der Waals surface area contributed by atoms with Gasteiger partial charge in [-0.15, -0.1) is 0 Å². The zero-order valence-corrected chi connectivity index (χ0v) is 19.0. The highest BCUT2D eigenvalue weighted by Gasteiger charge is 2.43. The summed E-state index contributed by atoms with van der Waals surface area (Å²) < 4.78 is 33.5. The van der Waals surface area contributed by atoms with Crippen LogP contribution in [0.5, 0.6) is 0 Å². The summed E-state index contributed by atoms with van der Waals surface area (Å²) in [7, 11) is 0. The lowest BCUT2D eigenvalue weighted by Gasteiger charge is -2.39. The predicted octanol–water partition coefficient (Wildman–Crippen LogP) is 3.28. The lowest BCUT2D eigenvalue weighted by atomic mass is 9.78. The monoisotopic (exact) mass is 465 g/mol. The number of halogens is 2. The summed E-state index contributed by atoms with van der Waals surface area (Å²) in [4.78, 5) is 37.8. The van der Waals surface area contributed by atoms with Gasteiger partial charge in [0, 0.05) is 38.2 Å². The Morgan fingerprint density at radius 1 is 1.24 bits per heavy atom. The van der Waals surface area contributed by atoms with Gasteiger partial charge in [-0.3, -0.25) is 4.79 Å². The summed E-state index contributed by atoms with van der Waals surface area (Å²) in [5.74, 6) is -3.23. The number of carbonyl (C=O) groups excluding carboxylic acids is 1. The summed E-state index contributed by atoms with van der Waals surface area (Å²) >= 11 is 0. The van der Waals surface area contributed by atoms with Gasteiger partial charge in [-0.05, 0) is 45.6 Å². The Morgan fingerprint density at radius 3 is 2.58 bits per heavy atom. The molecule has 0 saturated carbocycles. The lowest BCUT2D eigenvalue weighted by molar-refractivity contribution is -0.150. The second kappa shape index (κ2) is 8.11. The van der Waals surface area contributed by atoms with Gasteiger partial charge in [-0.2, -0.15) is 0 Å². The summed E-state index contributed by atoms with van der Waals surface area (Å²) in [6.45, 7) is 5.84. The van der Waals surface area contributed by atoms with Gasteiger partial charge >= 0.3 is 12.1 Å². The Labute approximate surface area is 189 Å². The van der Waals surface area contributed by atoms with E-state index < -0.39 is 29.0 Å². The molecule has 4 rings (SSSR count). The van der Waals surface area contributed by atoms with E-state index in [0.717, 1.165) is 5.69 Å². The lowest BCUT2D eigenvalue weighted by Crippen LogP contribution is -2.51. The van der Waals surface area contributed by atoms with E-state index in [9.17, 15) is 23.5 Å². The SMILES string of the molecule is CC(C)(C)OC(=O)NCC1(C(=O)O)CCN(c2ncnc3[nH]c4c(c23)CC(F)(F)CC4)CC1. The van der Waals surface area contributed by atoms with Crippen LogP contribution in [0.25, 0.3) is 11.0 Å². The second-order valence-electron chi connectivity index (χ2n) is 9.96. The van der Waals surface area contributed by atoms with Crippen LogP contribution >= 0.6 is 0 Å². The summed E-state index contributed by atoms with van der Waals surface area (Å²) in [5.41, 5.74) is -0.0159. The number of carboxylic acid groups (broad SMARTS) is 1. The van der Waals surface area contributed by atoms with Crippen LogP contribution in [-0.2, 0) is 22.4 Å². The first-order chi connectivity index (χ1) is 15.4. The molecule has 0 radical (unpaired) electrons. The van der Waals surface area contributed by atoms with Crippen molar-refractivity contribution in [2.24, 2.45) is 5.41 Å². The Kier molecular flexibility index (Phi) is 5.69. The van der Waals surface area contributed by atoms with E-state index >= 15 is 0 Å². The fourth-order valence-corrected chi connectivity index (χ4v) is 4.59. The van der Waals surface area contributed by atoms with Crippen LogP contribution in [0.3, 0.4) is 0 Å². The van der Waals surface area contributed by atoms with Crippen molar-refractivity contribution in [3.05, 3.63) is 17.6 Å². The molecule has 9 nitrogen and oxygen atoms in total. The van der Waals surface area contributed by atoms with Crippen molar-refractivity contribution < 1.29 is 28.2 Å². The number of fused-ring (bicyclic) bond motifs is 3. The molecule has 1 saturated heterocycles. The highest BCUT2D eigenvalue weighted by atomic mass is 19.3. The van der Waals surface area contributed by atoms with E-state index in [1.54, 1.807) is 20.8 Å². The topological polar surface area (TPSA) is 120 Å². The molecule has 0 atom stereocenters. The van der Waals surface area contributed by atoms with Gasteiger partial charge in [0.1, 0.15) is 23.4 Å². The molecule has 0 bridgehead atoms. The number of ether oxygens (including phenoxy) is 1. The Balaban J connectivity index is 1.53. The third kappa shape index (κ3) is 4.72. The molecule has 180 valence electrons. The molecular weight excluding hydrogens is 436 g/mol. The number of piperidine rings is 1. The summed E-state index contributed by atoms with van der Waals surface area (Å²) in [6.07, 6.45) is 0.916. The van der Waals surface area contributed by atoms with Crippen molar-refractivity contribution in [3.8, 4) is 0 Å². The number of aromatic amines is 1. The minimum atomic E-state index is -2.77. The molecule has 1 aliphatic heterocycles.